The SMILES string of the molecule is O=C(Nc1c(F)cc(F)cc1Cl)c1ccncc1F. The zero-order valence-corrected chi connectivity index (χ0v) is 10.0. The molecule has 0 spiro atoms. The lowest BCUT2D eigenvalue weighted by molar-refractivity contribution is 0.102. The van der Waals surface area contributed by atoms with Crippen molar-refractivity contribution in [2.24, 2.45) is 0 Å². The second-order valence-electron chi connectivity index (χ2n) is 3.55. The van der Waals surface area contributed by atoms with Crippen LogP contribution in [0.4, 0.5) is 18.9 Å². The summed E-state index contributed by atoms with van der Waals surface area (Å²) in [5.74, 6) is -3.70. The molecule has 0 saturated heterocycles. The molecule has 0 unspecified atom stereocenters. The molecule has 1 amide bonds. The first kappa shape index (κ1) is 13.4. The van der Waals surface area contributed by atoms with E-state index in [9.17, 15) is 18.0 Å². The van der Waals surface area contributed by atoms with Gasteiger partial charge in [-0.05, 0) is 12.1 Å². The Morgan fingerprint density at radius 1 is 1.21 bits per heavy atom. The number of anilines is 1. The second kappa shape index (κ2) is 5.27. The van der Waals surface area contributed by atoms with E-state index in [1.54, 1.807) is 0 Å². The van der Waals surface area contributed by atoms with E-state index in [-0.39, 0.29) is 10.6 Å². The van der Waals surface area contributed by atoms with E-state index in [1.165, 1.54) is 6.20 Å². The largest absolute Gasteiger partial charge is 0.318 e. The zero-order chi connectivity index (χ0) is 14.0. The minimum Gasteiger partial charge on any atom is -0.318 e. The van der Waals surface area contributed by atoms with Crippen LogP contribution in [0.2, 0.25) is 5.02 Å². The number of carbonyl (C=O) groups excluding carboxylic acids is 1. The first-order chi connectivity index (χ1) is 8.99. The number of halogens is 4. The molecule has 0 bridgehead atoms. The Bertz CT molecular complexity index is 626. The van der Waals surface area contributed by atoms with Gasteiger partial charge in [0.2, 0.25) is 0 Å². The Labute approximate surface area is 111 Å². The highest BCUT2D eigenvalue weighted by molar-refractivity contribution is 6.34. The van der Waals surface area contributed by atoms with Crippen LogP contribution in [-0.2, 0) is 0 Å². The van der Waals surface area contributed by atoms with Gasteiger partial charge in [-0.25, -0.2) is 13.2 Å². The third-order valence-electron chi connectivity index (χ3n) is 2.26. The van der Waals surface area contributed by atoms with E-state index in [0.29, 0.717) is 6.07 Å². The van der Waals surface area contributed by atoms with Crippen LogP contribution in [0.5, 0.6) is 0 Å². The minimum absolute atomic E-state index is 0.319. The fraction of sp³-hybridized carbons (Fsp3) is 0. The number of benzene rings is 1. The highest BCUT2D eigenvalue weighted by Gasteiger charge is 2.16. The number of pyridine rings is 1. The van der Waals surface area contributed by atoms with Crippen molar-refractivity contribution >= 4 is 23.2 Å². The van der Waals surface area contributed by atoms with Crippen molar-refractivity contribution < 1.29 is 18.0 Å². The van der Waals surface area contributed by atoms with Gasteiger partial charge >= 0.3 is 0 Å². The Morgan fingerprint density at radius 2 is 1.95 bits per heavy atom. The molecule has 1 N–H and O–H groups in total. The number of hydrogen-bond donors (Lipinski definition) is 1. The maximum Gasteiger partial charge on any atom is 0.258 e. The number of hydrogen-bond acceptors (Lipinski definition) is 2. The van der Waals surface area contributed by atoms with Crippen LogP contribution in [0, 0.1) is 17.5 Å². The van der Waals surface area contributed by atoms with E-state index in [2.05, 4.69) is 10.3 Å². The van der Waals surface area contributed by atoms with Crippen LogP contribution in [0.15, 0.2) is 30.6 Å². The van der Waals surface area contributed by atoms with E-state index in [4.69, 9.17) is 11.6 Å². The minimum atomic E-state index is -1.05. The molecule has 98 valence electrons. The summed E-state index contributed by atoms with van der Waals surface area (Å²) in [4.78, 5) is 15.2. The summed E-state index contributed by atoms with van der Waals surface area (Å²) in [5.41, 5.74) is -0.737. The number of nitrogens with zero attached hydrogens (tertiary/aromatic N) is 1. The highest BCUT2D eigenvalue weighted by atomic mass is 35.5. The topological polar surface area (TPSA) is 42.0 Å². The van der Waals surface area contributed by atoms with Gasteiger partial charge in [0.05, 0.1) is 22.5 Å². The monoisotopic (exact) mass is 286 g/mol. The number of carbonyl (C=O) groups is 1. The maximum absolute atomic E-state index is 13.4. The molecule has 1 aromatic heterocycles. The zero-order valence-electron chi connectivity index (χ0n) is 9.25. The number of nitrogens with one attached hydrogen (secondary N) is 1. The average Bonchev–Trinajstić information content (AvgIpc) is 2.34. The van der Waals surface area contributed by atoms with Crippen LogP contribution in [0.3, 0.4) is 0 Å². The lowest BCUT2D eigenvalue weighted by Crippen LogP contribution is -2.15. The fourth-order valence-corrected chi connectivity index (χ4v) is 1.64. The van der Waals surface area contributed by atoms with Gasteiger partial charge in [-0.3, -0.25) is 9.78 Å². The van der Waals surface area contributed by atoms with Crippen molar-refractivity contribution in [2.45, 2.75) is 0 Å². The van der Waals surface area contributed by atoms with Crippen LogP contribution in [0.25, 0.3) is 0 Å². The third kappa shape index (κ3) is 2.85. The summed E-state index contributed by atoms with van der Waals surface area (Å²) in [5, 5.41) is 1.76. The van der Waals surface area contributed by atoms with Gasteiger partial charge in [0.1, 0.15) is 5.82 Å². The fourth-order valence-electron chi connectivity index (χ4n) is 1.40. The predicted octanol–water partition coefficient (Wildman–Crippen LogP) is 3.40. The molecular formula is C12H6ClF3N2O. The normalized spacial score (nSPS) is 10.3. The van der Waals surface area contributed by atoms with Crippen LogP contribution >= 0.6 is 11.6 Å². The first-order valence-corrected chi connectivity index (χ1v) is 5.42. The lowest BCUT2D eigenvalue weighted by Gasteiger charge is -2.08. The molecule has 3 nitrogen and oxygen atoms in total. The van der Waals surface area contributed by atoms with Crippen molar-refractivity contribution in [3.8, 4) is 0 Å². The van der Waals surface area contributed by atoms with Crippen molar-refractivity contribution in [3.63, 3.8) is 0 Å². The average molecular weight is 287 g/mol. The summed E-state index contributed by atoms with van der Waals surface area (Å²) < 4.78 is 39.6. The predicted molar refractivity (Wildman–Crippen MR) is 63.5 cm³/mol. The first-order valence-electron chi connectivity index (χ1n) is 5.04. The summed E-state index contributed by atoms with van der Waals surface area (Å²) in [7, 11) is 0. The molecule has 0 fully saturated rings. The van der Waals surface area contributed by atoms with Gasteiger partial charge in [-0.15, -0.1) is 0 Å². The molecule has 19 heavy (non-hydrogen) atoms. The smallest absolute Gasteiger partial charge is 0.258 e. The summed E-state index contributed by atoms with van der Waals surface area (Å²) in [6.07, 6.45) is 2.05. The van der Waals surface area contributed by atoms with Gasteiger partial charge in [0, 0.05) is 12.3 Å². The van der Waals surface area contributed by atoms with Crippen LogP contribution in [-0.4, -0.2) is 10.9 Å². The molecule has 0 aliphatic carbocycles. The Morgan fingerprint density at radius 3 is 2.58 bits per heavy atom. The van der Waals surface area contributed by atoms with Crippen molar-refractivity contribution in [3.05, 3.63) is 58.6 Å². The van der Waals surface area contributed by atoms with Gasteiger partial charge in [-0.2, -0.15) is 0 Å². The Hall–Kier alpha value is -2.08. The van der Waals surface area contributed by atoms with E-state index < -0.39 is 29.0 Å². The standard InChI is InChI=1S/C12H6ClF3N2O/c13-8-3-6(14)4-9(15)11(8)18-12(19)7-1-2-17-5-10(7)16/h1-5H,(H,18,19). The molecule has 0 atom stereocenters. The Balaban J connectivity index is 2.32. The van der Waals surface area contributed by atoms with E-state index >= 15 is 0 Å². The number of aromatic nitrogens is 1. The lowest BCUT2D eigenvalue weighted by atomic mass is 10.2. The molecule has 2 aromatic rings. The highest BCUT2D eigenvalue weighted by Crippen LogP contribution is 2.27. The van der Waals surface area contributed by atoms with E-state index in [0.717, 1.165) is 18.3 Å². The van der Waals surface area contributed by atoms with Gasteiger partial charge in [0.25, 0.3) is 5.91 Å². The molecule has 7 heteroatoms. The van der Waals surface area contributed by atoms with Gasteiger partial charge in [-0.1, -0.05) is 11.6 Å². The van der Waals surface area contributed by atoms with Crippen molar-refractivity contribution in [1.82, 2.24) is 4.98 Å². The molecule has 0 saturated carbocycles. The van der Waals surface area contributed by atoms with Crippen molar-refractivity contribution in [1.29, 1.82) is 0 Å². The molecule has 0 aliphatic heterocycles. The summed E-state index contributed by atoms with van der Waals surface area (Å²) in [6.45, 7) is 0. The molecular weight excluding hydrogens is 281 g/mol. The molecule has 0 aliphatic rings. The van der Waals surface area contributed by atoms with Crippen molar-refractivity contribution in [2.75, 3.05) is 5.32 Å². The molecule has 1 aromatic carbocycles. The Kier molecular flexibility index (Phi) is 3.71. The maximum atomic E-state index is 13.4. The van der Waals surface area contributed by atoms with Crippen LogP contribution in [0.1, 0.15) is 10.4 Å². The molecule has 0 radical (unpaired) electrons. The van der Waals surface area contributed by atoms with Gasteiger partial charge < -0.3 is 5.32 Å². The second-order valence-corrected chi connectivity index (χ2v) is 3.96. The number of rotatable bonds is 2. The quantitative estimate of drug-likeness (QED) is 0.919. The molecule has 1 heterocycles. The third-order valence-corrected chi connectivity index (χ3v) is 2.56. The van der Waals surface area contributed by atoms with Gasteiger partial charge in [0.15, 0.2) is 11.6 Å². The van der Waals surface area contributed by atoms with Crippen LogP contribution < -0.4 is 5.32 Å². The number of amides is 1. The summed E-state index contributed by atoms with van der Waals surface area (Å²) >= 11 is 5.61. The van der Waals surface area contributed by atoms with E-state index in [1.807, 2.05) is 0 Å². The summed E-state index contributed by atoms with van der Waals surface area (Å²) in [6, 6.07) is 2.52. The molecule has 2 rings (SSSR count).